The summed E-state index contributed by atoms with van der Waals surface area (Å²) in [6, 6.07) is 11.2. The topological polar surface area (TPSA) is 118 Å². The molecule has 0 unspecified atom stereocenters. The molecule has 0 saturated carbocycles. The van der Waals surface area contributed by atoms with Gasteiger partial charge in [-0.3, -0.25) is 9.20 Å². The summed E-state index contributed by atoms with van der Waals surface area (Å²) in [5.41, 5.74) is 3.16. The molecular weight excluding hydrogens is 404 g/mol. The smallest absolute Gasteiger partial charge is 0.274 e. The number of pyridine rings is 1. The number of imidazole rings is 1. The lowest BCUT2D eigenvalue weighted by molar-refractivity contribution is 0.102. The molecule has 0 fully saturated rings. The van der Waals surface area contributed by atoms with Crippen molar-refractivity contribution in [1.82, 2.24) is 19.4 Å². The molecule has 0 spiro atoms. The molecule has 1 amide bonds. The quantitative estimate of drug-likeness (QED) is 0.511. The SMILES string of the molecule is Cc1ccc2nc(C)c(C(=O)Nc3ccc(S(=O)(=O)Nc4ncccn4)cc3)n2c1. The highest BCUT2D eigenvalue weighted by Crippen LogP contribution is 2.19. The zero-order valence-electron chi connectivity index (χ0n) is 16.2. The number of rotatable bonds is 5. The molecule has 152 valence electrons. The fourth-order valence-electron chi connectivity index (χ4n) is 2.98. The maximum atomic E-state index is 12.8. The third-order valence-corrected chi connectivity index (χ3v) is 5.71. The molecule has 1 aromatic carbocycles. The normalized spacial score (nSPS) is 11.4. The summed E-state index contributed by atoms with van der Waals surface area (Å²) in [6.07, 6.45) is 4.72. The van der Waals surface area contributed by atoms with E-state index in [9.17, 15) is 13.2 Å². The molecule has 2 N–H and O–H groups in total. The summed E-state index contributed by atoms with van der Waals surface area (Å²) in [7, 11) is -3.84. The first-order valence-corrected chi connectivity index (χ1v) is 10.5. The van der Waals surface area contributed by atoms with Crippen molar-refractivity contribution < 1.29 is 13.2 Å². The molecule has 0 aliphatic rings. The highest BCUT2D eigenvalue weighted by atomic mass is 32.2. The first kappa shape index (κ1) is 19.5. The number of carbonyl (C=O) groups excluding carboxylic acids is 1. The van der Waals surface area contributed by atoms with Crippen molar-refractivity contribution in [2.24, 2.45) is 0 Å². The largest absolute Gasteiger partial charge is 0.321 e. The van der Waals surface area contributed by atoms with Gasteiger partial charge in [-0.2, -0.15) is 0 Å². The van der Waals surface area contributed by atoms with Crippen LogP contribution in [0.4, 0.5) is 11.6 Å². The molecule has 3 heterocycles. The van der Waals surface area contributed by atoms with Crippen LogP contribution in [0.1, 0.15) is 21.7 Å². The number of aryl methyl sites for hydroxylation is 2. The van der Waals surface area contributed by atoms with E-state index in [0.717, 1.165) is 5.56 Å². The second-order valence-corrected chi connectivity index (χ2v) is 8.32. The zero-order valence-corrected chi connectivity index (χ0v) is 17.0. The first-order valence-electron chi connectivity index (χ1n) is 9.00. The number of amides is 1. The highest BCUT2D eigenvalue weighted by molar-refractivity contribution is 7.92. The minimum atomic E-state index is -3.84. The van der Waals surface area contributed by atoms with Crippen molar-refractivity contribution in [3.63, 3.8) is 0 Å². The third kappa shape index (κ3) is 3.85. The number of carbonyl (C=O) groups is 1. The Morgan fingerprint density at radius 3 is 2.40 bits per heavy atom. The van der Waals surface area contributed by atoms with Gasteiger partial charge in [-0.1, -0.05) is 6.07 Å². The number of hydrogen-bond acceptors (Lipinski definition) is 6. The number of sulfonamides is 1. The van der Waals surface area contributed by atoms with E-state index in [1.54, 1.807) is 17.4 Å². The number of nitrogens with zero attached hydrogens (tertiary/aromatic N) is 4. The van der Waals surface area contributed by atoms with Crippen molar-refractivity contribution in [2.45, 2.75) is 18.7 Å². The molecule has 3 aromatic heterocycles. The fraction of sp³-hybridized carbons (Fsp3) is 0.100. The van der Waals surface area contributed by atoms with Crippen LogP contribution in [0.3, 0.4) is 0 Å². The van der Waals surface area contributed by atoms with Crippen LogP contribution < -0.4 is 10.0 Å². The highest BCUT2D eigenvalue weighted by Gasteiger charge is 2.18. The van der Waals surface area contributed by atoms with Crippen LogP contribution in [0.25, 0.3) is 5.65 Å². The Bertz CT molecular complexity index is 1330. The van der Waals surface area contributed by atoms with Crippen LogP contribution in [-0.2, 0) is 10.0 Å². The predicted molar refractivity (Wildman–Crippen MR) is 112 cm³/mol. The Kier molecular flexibility index (Phi) is 4.92. The number of aromatic nitrogens is 4. The van der Waals surface area contributed by atoms with Gasteiger partial charge in [0.05, 0.1) is 10.6 Å². The van der Waals surface area contributed by atoms with E-state index >= 15 is 0 Å². The average Bonchev–Trinajstić information content (AvgIpc) is 3.04. The van der Waals surface area contributed by atoms with Crippen LogP contribution in [0.2, 0.25) is 0 Å². The summed E-state index contributed by atoms with van der Waals surface area (Å²) in [5.74, 6) is -0.356. The number of benzene rings is 1. The molecule has 9 nitrogen and oxygen atoms in total. The van der Waals surface area contributed by atoms with Gasteiger partial charge in [-0.15, -0.1) is 0 Å². The molecule has 0 atom stereocenters. The number of nitrogens with one attached hydrogen (secondary N) is 2. The average molecular weight is 422 g/mol. The lowest BCUT2D eigenvalue weighted by atomic mass is 10.2. The Morgan fingerprint density at radius 2 is 1.70 bits per heavy atom. The third-order valence-electron chi connectivity index (χ3n) is 4.37. The molecule has 0 saturated heterocycles. The van der Waals surface area contributed by atoms with E-state index in [4.69, 9.17) is 0 Å². The van der Waals surface area contributed by atoms with E-state index in [1.807, 2.05) is 25.3 Å². The van der Waals surface area contributed by atoms with Gasteiger partial charge in [0.25, 0.3) is 15.9 Å². The molecular formula is C20H18N6O3S. The summed E-state index contributed by atoms with van der Waals surface area (Å²) < 4.78 is 28.9. The van der Waals surface area contributed by atoms with Gasteiger partial charge >= 0.3 is 0 Å². The van der Waals surface area contributed by atoms with Crippen molar-refractivity contribution in [3.8, 4) is 0 Å². The minimum Gasteiger partial charge on any atom is -0.321 e. The van der Waals surface area contributed by atoms with Crippen molar-refractivity contribution in [2.75, 3.05) is 10.0 Å². The van der Waals surface area contributed by atoms with Gasteiger partial charge in [0, 0.05) is 24.3 Å². The molecule has 0 aliphatic carbocycles. The molecule has 0 bridgehead atoms. The summed E-state index contributed by atoms with van der Waals surface area (Å²) in [6.45, 7) is 3.70. The Balaban J connectivity index is 1.55. The second kappa shape index (κ2) is 7.56. The maximum Gasteiger partial charge on any atom is 0.274 e. The molecule has 0 radical (unpaired) electrons. The number of fused-ring (bicyclic) bond motifs is 1. The Hall–Kier alpha value is -3.79. The lowest BCUT2D eigenvalue weighted by Crippen LogP contribution is -2.17. The van der Waals surface area contributed by atoms with Gasteiger partial charge in [-0.05, 0) is 55.8 Å². The van der Waals surface area contributed by atoms with E-state index < -0.39 is 10.0 Å². The summed E-state index contributed by atoms with van der Waals surface area (Å²) in [4.78, 5) is 24.9. The van der Waals surface area contributed by atoms with Gasteiger partial charge in [0.1, 0.15) is 11.3 Å². The van der Waals surface area contributed by atoms with E-state index in [1.165, 1.54) is 36.7 Å². The summed E-state index contributed by atoms with van der Waals surface area (Å²) in [5, 5.41) is 2.79. The molecule has 4 aromatic rings. The molecule has 10 heteroatoms. The Labute approximate surface area is 172 Å². The van der Waals surface area contributed by atoms with E-state index in [2.05, 4.69) is 25.0 Å². The molecule has 0 aliphatic heterocycles. The van der Waals surface area contributed by atoms with Gasteiger partial charge in [0.2, 0.25) is 5.95 Å². The van der Waals surface area contributed by atoms with Crippen LogP contribution in [0.15, 0.2) is 66.0 Å². The van der Waals surface area contributed by atoms with Crippen LogP contribution >= 0.6 is 0 Å². The Morgan fingerprint density at radius 1 is 1.00 bits per heavy atom. The van der Waals surface area contributed by atoms with Crippen LogP contribution in [-0.4, -0.2) is 33.7 Å². The lowest BCUT2D eigenvalue weighted by Gasteiger charge is -2.09. The van der Waals surface area contributed by atoms with E-state index in [-0.39, 0.29) is 16.8 Å². The van der Waals surface area contributed by atoms with E-state index in [0.29, 0.717) is 22.7 Å². The summed E-state index contributed by atoms with van der Waals surface area (Å²) >= 11 is 0. The predicted octanol–water partition coefficient (Wildman–Crippen LogP) is 2.79. The fourth-order valence-corrected chi connectivity index (χ4v) is 3.94. The standard InChI is InChI=1S/C20H18N6O3S/c1-13-4-9-17-23-14(2)18(26(17)12-13)19(27)24-15-5-7-16(8-6-15)30(28,29)25-20-21-10-3-11-22-20/h3-12H,1-2H3,(H,24,27)(H,21,22,25). The van der Waals surface area contributed by atoms with Gasteiger partial charge in [-0.25, -0.2) is 28.1 Å². The van der Waals surface area contributed by atoms with Crippen LogP contribution in [0.5, 0.6) is 0 Å². The zero-order chi connectivity index (χ0) is 21.3. The van der Waals surface area contributed by atoms with Crippen LogP contribution in [0, 0.1) is 13.8 Å². The van der Waals surface area contributed by atoms with Crippen molar-refractivity contribution in [1.29, 1.82) is 0 Å². The van der Waals surface area contributed by atoms with Gasteiger partial charge < -0.3 is 5.32 Å². The molecule has 4 rings (SSSR count). The minimum absolute atomic E-state index is 0.0201. The second-order valence-electron chi connectivity index (χ2n) is 6.64. The number of anilines is 2. The van der Waals surface area contributed by atoms with Gasteiger partial charge in [0.15, 0.2) is 0 Å². The monoisotopic (exact) mass is 422 g/mol. The molecule has 30 heavy (non-hydrogen) atoms. The van der Waals surface area contributed by atoms with Crippen molar-refractivity contribution in [3.05, 3.63) is 78.0 Å². The van der Waals surface area contributed by atoms with Crippen molar-refractivity contribution >= 4 is 33.2 Å². The maximum absolute atomic E-state index is 12.8. The number of hydrogen-bond donors (Lipinski definition) is 2. The first-order chi connectivity index (χ1) is 14.3.